The van der Waals surface area contributed by atoms with Crippen LogP contribution in [0.4, 0.5) is 15.8 Å². The average molecular weight is 312 g/mol. The van der Waals surface area contributed by atoms with Crippen molar-refractivity contribution in [3.63, 3.8) is 0 Å². The van der Waals surface area contributed by atoms with Crippen LogP contribution < -0.4 is 20.7 Å². The van der Waals surface area contributed by atoms with Gasteiger partial charge in [0.1, 0.15) is 4.90 Å². The first-order valence-corrected chi connectivity index (χ1v) is 7.23. The SMILES string of the molecule is COc1ccc(NS(=O)(=O)c2cnccc2NN)cc1F. The molecule has 2 rings (SSSR count). The van der Waals surface area contributed by atoms with Crippen molar-refractivity contribution in [1.82, 2.24) is 4.98 Å². The third-order valence-corrected chi connectivity index (χ3v) is 4.04. The Kier molecular flexibility index (Phi) is 4.24. The van der Waals surface area contributed by atoms with Gasteiger partial charge in [-0.1, -0.05) is 0 Å². The molecule has 0 bridgehead atoms. The summed E-state index contributed by atoms with van der Waals surface area (Å²) in [5.41, 5.74) is 2.49. The number of benzene rings is 1. The Labute approximate surface area is 121 Å². The van der Waals surface area contributed by atoms with Gasteiger partial charge in [0.2, 0.25) is 0 Å². The Morgan fingerprint density at radius 2 is 2.10 bits per heavy atom. The summed E-state index contributed by atoms with van der Waals surface area (Å²) in [4.78, 5) is 3.59. The van der Waals surface area contributed by atoms with Crippen LogP contribution >= 0.6 is 0 Å². The van der Waals surface area contributed by atoms with Gasteiger partial charge in [0.15, 0.2) is 11.6 Å². The zero-order chi connectivity index (χ0) is 15.5. The molecule has 0 aliphatic carbocycles. The number of nitrogen functional groups attached to an aromatic ring is 1. The third-order valence-electron chi connectivity index (χ3n) is 2.63. The van der Waals surface area contributed by atoms with Crippen LogP contribution in [0.2, 0.25) is 0 Å². The molecule has 0 saturated carbocycles. The number of nitrogens with two attached hydrogens (primary N) is 1. The number of rotatable bonds is 5. The maximum Gasteiger partial charge on any atom is 0.265 e. The molecule has 112 valence electrons. The number of sulfonamides is 1. The van der Waals surface area contributed by atoms with Gasteiger partial charge in [-0.15, -0.1) is 0 Å². The van der Waals surface area contributed by atoms with Crippen molar-refractivity contribution in [3.05, 3.63) is 42.5 Å². The fourth-order valence-corrected chi connectivity index (χ4v) is 2.82. The molecule has 21 heavy (non-hydrogen) atoms. The molecule has 1 heterocycles. The normalized spacial score (nSPS) is 11.0. The molecule has 1 aromatic carbocycles. The first-order valence-electron chi connectivity index (χ1n) is 5.75. The first-order chi connectivity index (χ1) is 9.97. The van der Waals surface area contributed by atoms with Crippen LogP contribution in [0.15, 0.2) is 41.6 Å². The van der Waals surface area contributed by atoms with E-state index in [1.807, 2.05) is 0 Å². The van der Waals surface area contributed by atoms with E-state index in [0.29, 0.717) is 0 Å². The quantitative estimate of drug-likeness (QED) is 0.568. The van der Waals surface area contributed by atoms with Crippen LogP contribution in [-0.4, -0.2) is 20.5 Å². The molecule has 2 aromatic rings. The highest BCUT2D eigenvalue weighted by atomic mass is 32.2. The summed E-state index contributed by atoms with van der Waals surface area (Å²) in [6, 6.07) is 5.12. The highest BCUT2D eigenvalue weighted by molar-refractivity contribution is 7.92. The second kappa shape index (κ2) is 5.94. The number of halogens is 1. The van der Waals surface area contributed by atoms with E-state index in [1.165, 1.54) is 31.5 Å². The van der Waals surface area contributed by atoms with Crippen LogP contribution in [-0.2, 0) is 10.0 Å². The van der Waals surface area contributed by atoms with E-state index in [2.05, 4.69) is 15.1 Å². The van der Waals surface area contributed by atoms with Crippen molar-refractivity contribution >= 4 is 21.4 Å². The van der Waals surface area contributed by atoms with Crippen molar-refractivity contribution in [3.8, 4) is 5.75 Å². The number of hydrazine groups is 1. The standard InChI is InChI=1S/C12H13FN4O3S/c1-20-11-3-2-8(6-9(11)13)17-21(18,19)12-7-15-5-4-10(12)16-14/h2-7,17H,14H2,1H3,(H,15,16). The summed E-state index contributed by atoms with van der Waals surface area (Å²) in [6.07, 6.45) is 2.53. The smallest absolute Gasteiger partial charge is 0.265 e. The van der Waals surface area contributed by atoms with Gasteiger partial charge in [0, 0.05) is 18.5 Å². The number of pyridine rings is 1. The molecule has 0 aliphatic rings. The Hall–Kier alpha value is -2.39. The van der Waals surface area contributed by atoms with E-state index >= 15 is 0 Å². The molecule has 0 atom stereocenters. The summed E-state index contributed by atoms with van der Waals surface area (Å²) in [7, 11) is -2.64. The second-order valence-corrected chi connectivity index (χ2v) is 5.62. The number of anilines is 2. The van der Waals surface area contributed by atoms with E-state index in [9.17, 15) is 12.8 Å². The monoisotopic (exact) mass is 312 g/mol. The second-order valence-electron chi connectivity index (χ2n) is 3.97. The molecular formula is C12H13FN4O3S. The van der Waals surface area contributed by atoms with Crippen molar-refractivity contribution in [2.24, 2.45) is 5.84 Å². The predicted octanol–water partition coefficient (Wildman–Crippen LogP) is 1.32. The van der Waals surface area contributed by atoms with Gasteiger partial charge in [0.05, 0.1) is 18.5 Å². The maximum absolute atomic E-state index is 13.6. The van der Waals surface area contributed by atoms with Crippen LogP contribution in [0.25, 0.3) is 0 Å². The summed E-state index contributed by atoms with van der Waals surface area (Å²) in [5.74, 6) is 4.59. The van der Waals surface area contributed by atoms with E-state index in [0.717, 1.165) is 12.3 Å². The lowest BCUT2D eigenvalue weighted by atomic mass is 10.3. The van der Waals surface area contributed by atoms with Gasteiger partial charge >= 0.3 is 0 Å². The number of hydrogen-bond acceptors (Lipinski definition) is 6. The number of aromatic nitrogens is 1. The van der Waals surface area contributed by atoms with Crippen LogP contribution in [0.3, 0.4) is 0 Å². The number of hydrogen-bond donors (Lipinski definition) is 3. The molecule has 0 saturated heterocycles. The van der Waals surface area contributed by atoms with Gasteiger partial charge in [-0.05, 0) is 18.2 Å². The van der Waals surface area contributed by atoms with E-state index in [4.69, 9.17) is 10.6 Å². The number of ether oxygens (including phenoxy) is 1. The topological polar surface area (TPSA) is 106 Å². The van der Waals surface area contributed by atoms with Gasteiger partial charge < -0.3 is 10.2 Å². The van der Waals surface area contributed by atoms with E-state index < -0.39 is 15.8 Å². The average Bonchev–Trinajstić information content (AvgIpc) is 2.47. The van der Waals surface area contributed by atoms with Crippen LogP contribution in [0.1, 0.15) is 0 Å². The molecule has 1 aromatic heterocycles. The molecule has 0 fully saturated rings. The lowest BCUT2D eigenvalue weighted by Gasteiger charge is -2.12. The minimum Gasteiger partial charge on any atom is -0.494 e. The van der Waals surface area contributed by atoms with E-state index in [-0.39, 0.29) is 22.0 Å². The minimum absolute atomic E-state index is 0.0173. The van der Waals surface area contributed by atoms with Gasteiger partial charge in [-0.2, -0.15) is 0 Å². The lowest BCUT2D eigenvalue weighted by molar-refractivity contribution is 0.386. The number of nitrogens with zero attached hydrogens (tertiary/aromatic N) is 1. The molecule has 0 aliphatic heterocycles. The maximum atomic E-state index is 13.6. The molecule has 9 heteroatoms. The Morgan fingerprint density at radius 1 is 1.33 bits per heavy atom. The molecule has 0 amide bonds. The van der Waals surface area contributed by atoms with Crippen molar-refractivity contribution in [1.29, 1.82) is 0 Å². The highest BCUT2D eigenvalue weighted by Crippen LogP contribution is 2.25. The minimum atomic E-state index is -3.95. The van der Waals surface area contributed by atoms with Crippen molar-refractivity contribution in [2.45, 2.75) is 4.90 Å². The summed E-state index contributed by atoms with van der Waals surface area (Å²) in [6.45, 7) is 0. The van der Waals surface area contributed by atoms with Gasteiger partial charge in [-0.25, -0.2) is 12.8 Å². The summed E-state index contributed by atoms with van der Waals surface area (Å²) < 4.78 is 45.1. The molecule has 0 spiro atoms. The summed E-state index contributed by atoms with van der Waals surface area (Å²) in [5, 5.41) is 0. The largest absolute Gasteiger partial charge is 0.494 e. The molecule has 0 radical (unpaired) electrons. The highest BCUT2D eigenvalue weighted by Gasteiger charge is 2.19. The number of nitrogens with one attached hydrogen (secondary N) is 2. The zero-order valence-electron chi connectivity index (χ0n) is 11.0. The molecule has 0 unspecified atom stereocenters. The Balaban J connectivity index is 2.35. The van der Waals surface area contributed by atoms with Crippen molar-refractivity contribution in [2.75, 3.05) is 17.3 Å². The predicted molar refractivity (Wildman–Crippen MR) is 75.8 cm³/mol. The Morgan fingerprint density at radius 3 is 2.71 bits per heavy atom. The van der Waals surface area contributed by atoms with Crippen LogP contribution in [0, 0.1) is 5.82 Å². The zero-order valence-corrected chi connectivity index (χ0v) is 11.8. The molecule has 7 nitrogen and oxygen atoms in total. The Bertz CT molecular complexity index is 752. The molecule has 4 N–H and O–H groups in total. The van der Waals surface area contributed by atoms with Gasteiger partial charge in [0.25, 0.3) is 10.0 Å². The fourth-order valence-electron chi connectivity index (χ4n) is 1.65. The van der Waals surface area contributed by atoms with Crippen molar-refractivity contribution < 1.29 is 17.5 Å². The fraction of sp³-hybridized carbons (Fsp3) is 0.0833. The van der Waals surface area contributed by atoms with E-state index in [1.54, 1.807) is 0 Å². The first kappa shape index (κ1) is 15.0. The third kappa shape index (κ3) is 3.20. The lowest BCUT2D eigenvalue weighted by Crippen LogP contribution is -2.18. The van der Waals surface area contributed by atoms with Crippen LogP contribution in [0.5, 0.6) is 5.75 Å². The molecular weight excluding hydrogens is 299 g/mol. The summed E-state index contributed by atoms with van der Waals surface area (Å²) >= 11 is 0. The number of methoxy groups -OCH3 is 1. The van der Waals surface area contributed by atoms with Gasteiger partial charge in [-0.3, -0.25) is 15.5 Å².